The van der Waals surface area contributed by atoms with Crippen molar-refractivity contribution in [1.82, 2.24) is 0 Å². The lowest BCUT2D eigenvalue weighted by Crippen LogP contribution is -2.35. The van der Waals surface area contributed by atoms with Crippen molar-refractivity contribution in [3.63, 3.8) is 0 Å². The molecule has 0 heterocycles. The van der Waals surface area contributed by atoms with Crippen LogP contribution in [0, 0.1) is 5.92 Å². The normalized spacial score (nSPS) is 18.3. The summed E-state index contributed by atoms with van der Waals surface area (Å²) in [4.78, 5) is 4.88. The lowest BCUT2D eigenvalue weighted by Gasteiger charge is -2.39. The van der Waals surface area contributed by atoms with Gasteiger partial charge in [-0.05, 0) is 134 Å². The van der Waals surface area contributed by atoms with E-state index in [0.29, 0.717) is 0 Å². The van der Waals surface area contributed by atoms with E-state index in [-0.39, 0.29) is 11.3 Å². The summed E-state index contributed by atoms with van der Waals surface area (Å²) in [5.74, 6) is 0.154. The van der Waals surface area contributed by atoms with Gasteiger partial charge in [-0.15, -0.1) is 0 Å². The first-order valence-corrected chi connectivity index (χ1v) is 21.3. The van der Waals surface area contributed by atoms with Gasteiger partial charge in [0.05, 0.1) is 5.41 Å². The van der Waals surface area contributed by atoms with Gasteiger partial charge in [0.2, 0.25) is 0 Å². The maximum absolute atomic E-state index is 2.51. The molecule has 0 fully saturated rings. The van der Waals surface area contributed by atoms with E-state index in [4.69, 9.17) is 0 Å². The quantitative estimate of drug-likeness (QED) is 0.166. The minimum atomic E-state index is -0.408. The van der Waals surface area contributed by atoms with Crippen LogP contribution in [0.5, 0.6) is 0 Å². The first-order chi connectivity index (χ1) is 29.5. The average Bonchev–Trinajstić information content (AvgIpc) is 3.86. The van der Waals surface area contributed by atoms with Gasteiger partial charge < -0.3 is 9.80 Å². The largest absolute Gasteiger partial charge is 0.314 e. The summed E-state index contributed by atoms with van der Waals surface area (Å²) in [7, 11) is 0. The molecule has 2 unspecified atom stereocenters. The van der Waals surface area contributed by atoms with E-state index in [1.54, 1.807) is 0 Å². The molecular formula is C58H44N2. The molecule has 1 spiro atoms. The van der Waals surface area contributed by atoms with Gasteiger partial charge in [-0.2, -0.15) is 0 Å². The molecule has 0 saturated heterocycles. The number of para-hydroxylation sites is 4. The highest BCUT2D eigenvalue weighted by atomic mass is 15.2. The van der Waals surface area contributed by atoms with Crippen molar-refractivity contribution in [2.45, 2.75) is 31.1 Å². The van der Waals surface area contributed by atoms with Gasteiger partial charge in [0.25, 0.3) is 0 Å². The molecule has 60 heavy (non-hydrogen) atoms. The van der Waals surface area contributed by atoms with Gasteiger partial charge in [-0.3, -0.25) is 0 Å². The zero-order chi connectivity index (χ0) is 40.0. The van der Waals surface area contributed by atoms with Crippen LogP contribution < -0.4 is 9.80 Å². The number of hydrogen-bond donors (Lipinski definition) is 0. The molecule has 2 nitrogen and oxygen atoms in total. The number of allylic oxidation sites excluding steroid dienone is 4. The predicted molar refractivity (Wildman–Crippen MR) is 250 cm³/mol. The fourth-order valence-electron chi connectivity index (χ4n) is 11.5. The first-order valence-electron chi connectivity index (χ1n) is 21.3. The third kappa shape index (κ3) is 4.82. The zero-order valence-corrected chi connectivity index (χ0v) is 33.9. The second-order valence-electron chi connectivity index (χ2n) is 17.2. The third-order valence-corrected chi connectivity index (χ3v) is 13.9. The van der Waals surface area contributed by atoms with E-state index in [9.17, 15) is 0 Å². The fraction of sp³-hybridized carbons (Fsp3) is 0.103. The Balaban J connectivity index is 1.13. The van der Waals surface area contributed by atoms with Crippen molar-refractivity contribution < 1.29 is 0 Å². The van der Waals surface area contributed by atoms with E-state index in [0.717, 1.165) is 23.5 Å². The highest BCUT2D eigenvalue weighted by Crippen LogP contribution is 2.69. The van der Waals surface area contributed by atoms with Gasteiger partial charge in [-0.25, -0.2) is 0 Å². The van der Waals surface area contributed by atoms with Crippen LogP contribution in [-0.4, -0.2) is 0 Å². The minimum absolute atomic E-state index is 0.154. The Morgan fingerprint density at radius 1 is 0.400 bits per heavy atom. The van der Waals surface area contributed by atoms with Crippen molar-refractivity contribution in [2.24, 2.45) is 5.92 Å². The van der Waals surface area contributed by atoms with Crippen LogP contribution in [0.4, 0.5) is 28.4 Å². The van der Waals surface area contributed by atoms with Gasteiger partial charge in [0, 0.05) is 45.5 Å². The Morgan fingerprint density at radius 3 is 1.48 bits per heavy atom. The molecule has 0 aromatic heterocycles. The predicted octanol–water partition coefficient (Wildman–Crippen LogP) is 14.9. The van der Waals surface area contributed by atoms with Crippen LogP contribution in [0.2, 0.25) is 0 Å². The molecule has 2 heteroatoms. The Bertz CT molecular complexity index is 2960. The van der Waals surface area contributed by atoms with Crippen molar-refractivity contribution in [2.75, 3.05) is 9.80 Å². The number of anilines is 5. The maximum atomic E-state index is 2.51. The highest BCUT2D eigenvalue weighted by Gasteiger charge is 2.59. The molecule has 0 bridgehead atoms. The average molecular weight is 769 g/mol. The second kappa shape index (κ2) is 13.2. The lowest BCUT2D eigenvalue weighted by molar-refractivity contribution is 0.483. The molecule has 0 amide bonds. The molecule has 4 aliphatic carbocycles. The highest BCUT2D eigenvalue weighted by molar-refractivity contribution is 5.98. The second-order valence-corrected chi connectivity index (χ2v) is 17.2. The summed E-state index contributed by atoms with van der Waals surface area (Å²) in [6.07, 6.45) is 5.80. The molecule has 0 radical (unpaired) electrons. The topological polar surface area (TPSA) is 6.48 Å². The Hall–Kier alpha value is -7.16. The fourth-order valence-corrected chi connectivity index (χ4v) is 11.5. The molecule has 286 valence electrons. The van der Waals surface area contributed by atoms with E-state index < -0.39 is 5.41 Å². The van der Waals surface area contributed by atoms with Crippen LogP contribution >= 0.6 is 0 Å². The number of fused-ring (bicyclic) bond motifs is 14. The van der Waals surface area contributed by atoms with Gasteiger partial charge in [0.1, 0.15) is 0 Å². The van der Waals surface area contributed by atoms with Crippen molar-refractivity contribution in [3.8, 4) is 22.3 Å². The summed E-state index contributed by atoms with van der Waals surface area (Å²) >= 11 is 0. The SMILES string of the molecule is CC1(C)c2ccccc2-c2ccc3c(c21)C1=CC=C(N(c2ccccc2)c2ccccc2)CC1C31c2ccccc2-c2cc(N(c3ccccc3)c3ccccc3)ccc21. The molecule has 8 aromatic rings. The number of nitrogens with zero attached hydrogens (tertiary/aromatic N) is 2. The van der Waals surface area contributed by atoms with Crippen LogP contribution in [0.25, 0.3) is 27.8 Å². The van der Waals surface area contributed by atoms with Crippen LogP contribution in [0.15, 0.2) is 218 Å². The number of benzene rings is 8. The molecular weight excluding hydrogens is 725 g/mol. The summed E-state index contributed by atoms with van der Waals surface area (Å²) in [5, 5.41) is 0. The monoisotopic (exact) mass is 768 g/mol. The summed E-state index contributed by atoms with van der Waals surface area (Å²) in [6, 6.07) is 74.0. The van der Waals surface area contributed by atoms with Gasteiger partial charge in [0.15, 0.2) is 0 Å². The molecule has 8 aromatic carbocycles. The molecule has 0 saturated carbocycles. The van der Waals surface area contributed by atoms with E-state index in [2.05, 4.69) is 236 Å². The first kappa shape index (κ1) is 34.8. The number of hydrogen-bond acceptors (Lipinski definition) is 2. The molecule has 12 rings (SSSR count). The van der Waals surface area contributed by atoms with Crippen LogP contribution in [-0.2, 0) is 10.8 Å². The van der Waals surface area contributed by atoms with E-state index in [1.807, 2.05) is 0 Å². The van der Waals surface area contributed by atoms with E-state index in [1.165, 1.54) is 78.3 Å². The van der Waals surface area contributed by atoms with Crippen molar-refractivity contribution >= 4 is 34.0 Å². The number of rotatable bonds is 6. The lowest BCUT2D eigenvalue weighted by atomic mass is 9.65. The molecule has 4 aliphatic rings. The smallest absolute Gasteiger partial charge is 0.0542 e. The standard InChI is InChI=1S/C58H44N2/c1-57(2)50-29-17-15-27-45(50)47-34-36-53-55(56(47)57)48-33-31-44(60(41-23-11-5-12-24-41)42-25-13-6-14-26-42)38-54(48)58(53)51-30-18-16-28-46(51)49-37-43(32-35-52(49)58)59(39-19-7-3-8-20-39)40-21-9-4-10-22-40/h3-37,54H,38H2,1-2H3. The summed E-state index contributed by atoms with van der Waals surface area (Å²) in [5.41, 5.74) is 21.9. The Labute approximate surface area is 353 Å². The third-order valence-electron chi connectivity index (χ3n) is 13.9. The minimum Gasteiger partial charge on any atom is -0.314 e. The molecule has 2 atom stereocenters. The van der Waals surface area contributed by atoms with Crippen molar-refractivity contribution in [3.05, 3.63) is 251 Å². The zero-order valence-electron chi connectivity index (χ0n) is 33.9. The Morgan fingerprint density at radius 2 is 0.883 bits per heavy atom. The molecule has 0 aliphatic heterocycles. The summed E-state index contributed by atoms with van der Waals surface area (Å²) in [6.45, 7) is 4.89. The maximum Gasteiger partial charge on any atom is 0.0542 e. The van der Waals surface area contributed by atoms with Crippen LogP contribution in [0.1, 0.15) is 53.6 Å². The van der Waals surface area contributed by atoms with Crippen LogP contribution in [0.3, 0.4) is 0 Å². The van der Waals surface area contributed by atoms with Gasteiger partial charge in [-0.1, -0.05) is 159 Å². The Kier molecular flexibility index (Phi) is 7.65. The van der Waals surface area contributed by atoms with Gasteiger partial charge >= 0.3 is 0 Å². The molecule has 0 N–H and O–H groups in total. The van der Waals surface area contributed by atoms with E-state index >= 15 is 0 Å². The van der Waals surface area contributed by atoms with Crippen molar-refractivity contribution in [1.29, 1.82) is 0 Å². The summed E-state index contributed by atoms with van der Waals surface area (Å²) < 4.78 is 0.